The predicted molar refractivity (Wildman–Crippen MR) is 90.3 cm³/mol. The van der Waals surface area contributed by atoms with Gasteiger partial charge < -0.3 is 10.1 Å². The Morgan fingerprint density at radius 1 is 1.38 bits per heavy atom. The van der Waals surface area contributed by atoms with Crippen molar-refractivity contribution in [1.82, 2.24) is 9.78 Å². The van der Waals surface area contributed by atoms with E-state index in [1.807, 2.05) is 6.92 Å². The molecule has 1 aromatic heterocycles. The molecule has 6 nitrogen and oxygen atoms in total. The molecule has 0 aliphatic carbocycles. The average Bonchev–Trinajstić information content (AvgIpc) is 2.75. The fraction of sp³-hybridized carbons (Fsp3) is 0.312. The van der Waals surface area contributed by atoms with Gasteiger partial charge in [0.15, 0.2) is 6.10 Å². The topological polar surface area (TPSA) is 73.2 Å². The first-order valence-electron chi connectivity index (χ1n) is 7.17. The molecule has 1 amide bonds. The third kappa shape index (κ3) is 3.81. The quantitative estimate of drug-likeness (QED) is 0.804. The maximum Gasteiger partial charge on any atom is 0.341 e. The molecular weight excluding hydrogens is 381 g/mol. The zero-order chi connectivity index (χ0) is 18.0. The van der Waals surface area contributed by atoms with Crippen molar-refractivity contribution in [2.24, 2.45) is 7.05 Å². The molecule has 0 saturated carbocycles. The Bertz CT molecular complexity index is 804. The summed E-state index contributed by atoms with van der Waals surface area (Å²) in [5.41, 5.74) is 1.76. The van der Waals surface area contributed by atoms with Gasteiger partial charge in [-0.25, -0.2) is 9.18 Å². The Kier molecular flexibility index (Phi) is 5.38. The van der Waals surface area contributed by atoms with E-state index in [0.717, 1.165) is 11.8 Å². The third-order valence-electron chi connectivity index (χ3n) is 3.56. The van der Waals surface area contributed by atoms with Crippen LogP contribution in [0.1, 0.15) is 28.7 Å². The van der Waals surface area contributed by atoms with E-state index in [9.17, 15) is 14.0 Å². The van der Waals surface area contributed by atoms with E-state index in [0.29, 0.717) is 15.9 Å². The van der Waals surface area contributed by atoms with Crippen molar-refractivity contribution < 1.29 is 18.7 Å². The molecule has 0 spiro atoms. The number of aromatic nitrogens is 2. The van der Waals surface area contributed by atoms with Crippen molar-refractivity contribution in [1.29, 1.82) is 0 Å². The Morgan fingerprint density at radius 3 is 2.62 bits per heavy atom. The molecule has 0 saturated heterocycles. The van der Waals surface area contributed by atoms with E-state index in [2.05, 4.69) is 26.3 Å². The van der Waals surface area contributed by atoms with Crippen LogP contribution >= 0.6 is 15.9 Å². The van der Waals surface area contributed by atoms with Gasteiger partial charge in [-0.15, -0.1) is 0 Å². The summed E-state index contributed by atoms with van der Waals surface area (Å²) >= 11 is 3.16. The minimum Gasteiger partial charge on any atom is -0.449 e. The molecule has 0 aliphatic rings. The number of hydrogen-bond donors (Lipinski definition) is 1. The number of carbonyl (C=O) groups is 2. The molecule has 0 bridgehead atoms. The standard InChI is InChI=1S/C16H17BrFN3O3/c1-8-14(9(2)21(4)20-8)19-15(22)10(3)24-16(23)12-7-11(17)5-6-13(12)18/h5-7,10H,1-4H3,(H,19,22)/t10-/m1/s1. The zero-order valence-electron chi connectivity index (χ0n) is 13.7. The monoisotopic (exact) mass is 397 g/mol. The van der Waals surface area contributed by atoms with E-state index >= 15 is 0 Å². The van der Waals surface area contributed by atoms with Crippen LogP contribution in [0, 0.1) is 19.7 Å². The van der Waals surface area contributed by atoms with Crippen LogP contribution in [0.4, 0.5) is 10.1 Å². The van der Waals surface area contributed by atoms with E-state index in [-0.39, 0.29) is 5.56 Å². The summed E-state index contributed by atoms with van der Waals surface area (Å²) in [5, 5.41) is 6.87. The van der Waals surface area contributed by atoms with Crippen LogP contribution < -0.4 is 5.32 Å². The Labute approximate surface area is 147 Å². The van der Waals surface area contributed by atoms with Gasteiger partial charge in [-0.1, -0.05) is 15.9 Å². The van der Waals surface area contributed by atoms with Crippen molar-refractivity contribution in [2.45, 2.75) is 26.9 Å². The lowest BCUT2D eigenvalue weighted by Crippen LogP contribution is -2.30. The minimum atomic E-state index is -1.09. The van der Waals surface area contributed by atoms with Crippen LogP contribution in [0.15, 0.2) is 22.7 Å². The fourth-order valence-electron chi connectivity index (χ4n) is 2.11. The van der Waals surface area contributed by atoms with E-state index in [1.165, 1.54) is 19.1 Å². The van der Waals surface area contributed by atoms with E-state index in [1.54, 1.807) is 18.7 Å². The van der Waals surface area contributed by atoms with Crippen molar-refractivity contribution in [3.05, 3.63) is 45.4 Å². The molecule has 0 unspecified atom stereocenters. The summed E-state index contributed by atoms with van der Waals surface area (Å²) in [6.45, 7) is 4.99. The van der Waals surface area contributed by atoms with Gasteiger partial charge in [-0.2, -0.15) is 5.10 Å². The minimum absolute atomic E-state index is 0.238. The number of halogens is 2. The number of hydrogen-bond acceptors (Lipinski definition) is 4. The molecule has 1 aromatic carbocycles. The largest absolute Gasteiger partial charge is 0.449 e. The van der Waals surface area contributed by atoms with Gasteiger partial charge >= 0.3 is 5.97 Å². The van der Waals surface area contributed by atoms with Gasteiger partial charge in [0.1, 0.15) is 5.82 Å². The second-order valence-electron chi connectivity index (χ2n) is 5.33. The molecule has 1 N–H and O–H groups in total. The van der Waals surface area contributed by atoms with Crippen molar-refractivity contribution >= 4 is 33.5 Å². The molecule has 0 aliphatic heterocycles. The lowest BCUT2D eigenvalue weighted by Gasteiger charge is -2.14. The molecule has 128 valence electrons. The number of nitrogens with one attached hydrogen (secondary N) is 1. The van der Waals surface area contributed by atoms with Crippen molar-refractivity contribution in [2.75, 3.05) is 5.32 Å². The van der Waals surface area contributed by atoms with Gasteiger partial charge in [-0.05, 0) is 39.0 Å². The highest BCUT2D eigenvalue weighted by molar-refractivity contribution is 9.10. The van der Waals surface area contributed by atoms with Crippen LogP contribution in [0.5, 0.6) is 0 Å². The number of rotatable bonds is 4. The number of esters is 1. The number of ether oxygens (including phenoxy) is 1. The number of aryl methyl sites for hydroxylation is 2. The number of nitrogens with zero attached hydrogens (tertiary/aromatic N) is 2. The lowest BCUT2D eigenvalue weighted by atomic mass is 10.2. The maximum atomic E-state index is 13.7. The molecule has 1 atom stereocenters. The van der Waals surface area contributed by atoms with E-state index in [4.69, 9.17) is 4.74 Å². The van der Waals surface area contributed by atoms with Crippen molar-refractivity contribution in [3.8, 4) is 0 Å². The molecule has 8 heteroatoms. The molecule has 2 rings (SSSR count). The number of anilines is 1. The second kappa shape index (κ2) is 7.12. The zero-order valence-corrected chi connectivity index (χ0v) is 15.3. The highest BCUT2D eigenvalue weighted by Crippen LogP contribution is 2.20. The van der Waals surface area contributed by atoms with Gasteiger partial charge in [0.05, 0.1) is 22.6 Å². The first-order chi connectivity index (χ1) is 11.2. The Hall–Kier alpha value is -2.22. The molecule has 0 fully saturated rings. The van der Waals surface area contributed by atoms with Gasteiger partial charge in [0, 0.05) is 11.5 Å². The van der Waals surface area contributed by atoms with Crippen LogP contribution in [0.2, 0.25) is 0 Å². The van der Waals surface area contributed by atoms with Crippen LogP contribution in [0.3, 0.4) is 0 Å². The lowest BCUT2D eigenvalue weighted by molar-refractivity contribution is -0.123. The summed E-state index contributed by atoms with van der Waals surface area (Å²) in [6.07, 6.45) is -1.09. The van der Waals surface area contributed by atoms with E-state index < -0.39 is 23.8 Å². The average molecular weight is 398 g/mol. The summed E-state index contributed by atoms with van der Waals surface area (Å²) in [6, 6.07) is 3.92. The van der Waals surface area contributed by atoms with Gasteiger partial charge in [-0.3, -0.25) is 9.48 Å². The molecule has 24 heavy (non-hydrogen) atoms. The third-order valence-corrected chi connectivity index (χ3v) is 4.05. The SMILES string of the molecule is Cc1nn(C)c(C)c1NC(=O)[C@@H](C)OC(=O)c1cc(Br)ccc1F. The fourth-order valence-corrected chi connectivity index (χ4v) is 2.47. The molecule has 0 radical (unpaired) electrons. The summed E-state index contributed by atoms with van der Waals surface area (Å²) in [4.78, 5) is 24.3. The Morgan fingerprint density at radius 2 is 2.04 bits per heavy atom. The number of amides is 1. The van der Waals surface area contributed by atoms with Gasteiger partial charge in [0.25, 0.3) is 5.91 Å². The maximum absolute atomic E-state index is 13.7. The molecule has 1 heterocycles. The Balaban J connectivity index is 2.08. The molecular formula is C16H17BrFN3O3. The van der Waals surface area contributed by atoms with Crippen LogP contribution in [0.25, 0.3) is 0 Å². The predicted octanol–water partition coefficient (Wildman–Crippen LogP) is 3.12. The highest BCUT2D eigenvalue weighted by atomic mass is 79.9. The van der Waals surface area contributed by atoms with Crippen LogP contribution in [-0.4, -0.2) is 27.8 Å². The number of carbonyl (C=O) groups excluding carboxylic acids is 2. The smallest absolute Gasteiger partial charge is 0.341 e. The van der Waals surface area contributed by atoms with Gasteiger partial charge in [0.2, 0.25) is 0 Å². The normalized spacial score (nSPS) is 11.9. The first kappa shape index (κ1) is 18.1. The molecule has 2 aromatic rings. The summed E-state index contributed by atoms with van der Waals surface area (Å²) in [5.74, 6) is -2.14. The first-order valence-corrected chi connectivity index (χ1v) is 7.97. The summed E-state index contributed by atoms with van der Waals surface area (Å²) in [7, 11) is 1.76. The summed E-state index contributed by atoms with van der Waals surface area (Å²) < 4.78 is 20.9. The second-order valence-corrected chi connectivity index (χ2v) is 6.25. The highest BCUT2D eigenvalue weighted by Gasteiger charge is 2.23. The van der Waals surface area contributed by atoms with Crippen molar-refractivity contribution in [3.63, 3.8) is 0 Å². The number of benzene rings is 1. The van der Waals surface area contributed by atoms with Crippen LogP contribution in [-0.2, 0) is 16.6 Å².